The highest BCUT2D eigenvalue weighted by atomic mass is 32.4. The lowest BCUT2D eigenvalue weighted by atomic mass is 10.1. The highest BCUT2D eigenvalue weighted by Gasteiger charge is 2.26. The number of esters is 1. The Morgan fingerprint density at radius 2 is 1.12 bits per heavy atom. The largest absolute Gasteiger partial charge is 0.454 e. The van der Waals surface area contributed by atoms with Crippen molar-refractivity contribution in [2.24, 2.45) is 0 Å². The molecule has 0 aromatic heterocycles. The Morgan fingerprint density at radius 3 is 1.62 bits per heavy atom. The van der Waals surface area contributed by atoms with Gasteiger partial charge in [0.15, 0.2) is 0 Å². The molecule has 0 bridgehead atoms. The van der Waals surface area contributed by atoms with E-state index in [9.17, 15) is 4.79 Å². The van der Waals surface area contributed by atoms with Crippen LogP contribution < -0.4 is 10.6 Å². The van der Waals surface area contributed by atoms with Crippen LogP contribution in [0.4, 0.5) is 0 Å². The molecule has 0 spiro atoms. The van der Waals surface area contributed by atoms with Crippen LogP contribution in [0.3, 0.4) is 0 Å². The normalized spacial score (nSPS) is 12.1. The fourth-order valence-electron chi connectivity index (χ4n) is 3.78. The quantitative estimate of drug-likeness (QED) is 0.237. The predicted octanol–water partition coefficient (Wildman–Crippen LogP) is 6.11. The van der Waals surface area contributed by atoms with E-state index in [1.807, 2.05) is 84.9 Å². The van der Waals surface area contributed by atoms with Gasteiger partial charge < -0.3 is 4.74 Å². The minimum Gasteiger partial charge on any atom is -0.454 e. The number of carbonyl (C=O) groups excluding carboxylic acids is 1. The summed E-state index contributed by atoms with van der Waals surface area (Å²) in [5.74, 6) is -0.313. The van der Waals surface area contributed by atoms with Crippen LogP contribution in [0.1, 0.15) is 28.4 Å². The molecule has 4 aromatic rings. The molecule has 0 N–H and O–H groups in total. The first-order chi connectivity index (χ1) is 15.7. The second-order valence-electron chi connectivity index (χ2n) is 7.59. The molecule has 4 aromatic carbocycles. The van der Waals surface area contributed by atoms with Crippen LogP contribution in [0.15, 0.2) is 121 Å². The van der Waals surface area contributed by atoms with E-state index in [2.05, 4.69) is 24.3 Å². The molecule has 0 aliphatic heterocycles. The summed E-state index contributed by atoms with van der Waals surface area (Å²) in [6.07, 6.45) is 1.06. The molecule has 0 fully saturated rings. The van der Waals surface area contributed by atoms with Gasteiger partial charge in [-0.15, -0.1) is 0 Å². The topological polar surface area (TPSA) is 26.3 Å². The first-order valence-electron chi connectivity index (χ1n) is 10.7. The van der Waals surface area contributed by atoms with Crippen molar-refractivity contribution < 1.29 is 9.53 Å². The summed E-state index contributed by atoms with van der Waals surface area (Å²) in [5.41, 5.74) is 1.54. The maximum atomic E-state index is 12.9. The van der Waals surface area contributed by atoms with Gasteiger partial charge in [-0.2, -0.15) is 0 Å². The van der Waals surface area contributed by atoms with Gasteiger partial charge in [-0.1, -0.05) is 121 Å². The lowest BCUT2D eigenvalue weighted by Gasteiger charge is -2.26. The van der Waals surface area contributed by atoms with Crippen molar-refractivity contribution in [1.29, 1.82) is 0 Å². The highest BCUT2D eigenvalue weighted by molar-refractivity contribution is 8.21. The lowest BCUT2D eigenvalue weighted by molar-refractivity contribution is 0.0290. The Labute approximate surface area is 194 Å². The van der Waals surface area contributed by atoms with Gasteiger partial charge in [0.25, 0.3) is 0 Å². The summed E-state index contributed by atoms with van der Waals surface area (Å²) in [7, 11) is 0. The molecule has 0 aliphatic carbocycles. The van der Waals surface area contributed by atoms with Crippen molar-refractivity contribution in [3.05, 3.63) is 132 Å². The van der Waals surface area contributed by atoms with Crippen LogP contribution >= 0.6 is 6.04 Å². The lowest BCUT2D eigenvalue weighted by Crippen LogP contribution is -2.20. The maximum Gasteiger partial charge on any atom is 0.338 e. The zero-order valence-corrected chi connectivity index (χ0v) is 19.4. The van der Waals surface area contributed by atoms with Gasteiger partial charge in [-0.05, 0) is 40.9 Å². The van der Waals surface area contributed by atoms with E-state index in [0.29, 0.717) is 12.0 Å². The maximum absolute atomic E-state index is 12.9. The first kappa shape index (κ1) is 22.2. The van der Waals surface area contributed by atoms with Gasteiger partial charge in [0.1, 0.15) is 6.10 Å². The Bertz CT molecular complexity index is 1140. The van der Waals surface area contributed by atoms with Crippen LogP contribution in [0.2, 0.25) is 0 Å². The third-order valence-corrected chi connectivity index (χ3v) is 10.4. The fraction of sp³-hybridized carbons (Fsp3) is 0.107. The van der Waals surface area contributed by atoms with Crippen molar-refractivity contribution in [2.75, 3.05) is 6.16 Å². The molecule has 0 aliphatic rings. The standard InChI is InChI=1S/C28H25O2PS/c29-28(24-15-7-2-8-16-24)30-27(23-13-5-1-6-14-23)21-22-31(32,25-17-9-3-10-18-25)26-19-11-4-12-20-26/h1-20,27H,21-22H2. The molecule has 1 unspecified atom stereocenters. The molecule has 160 valence electrons. The first-order valence-corrected chi connectivity index (χ1v) is 13.7. The minimum absolute atomic E-state index is 0.313. The average Bonchev–Trinajstić information content (AvgIpc) is 2.88. The summed E-state index contributed by atoms with van der Waals surface area (Å²) in [6.45, 7) is 0. The van der Waals surface area contributed by atoms with Crippen LogP contribution in [-0.4, -0.2) is 12.1 Å². The van der Waals surface area contributed by atoms with Gasteiger partial charge in [0, 0.05) is 6.04 Å². The molecule has 0 heterocycles. The summed E-state index contributed by atoms with van der Waals surface area (Å²) in [6, 6.07) is 37.7. The van der Waals surface area contributed by atoms with E-state index in [0.717, 1.165) is 11.7 Å². The van der Waals surface area contributed by atoms with Gasteiger partial charge in [-0.3, -0.25) is 0 Å². The van der Waals surface area contributed by atoms with Crippen LogP contribution in [0.25, 0.3) is 0 Å². The third-order valence-electron chi connectivity index (χ3n) is 5.48. The number of hydrogen-bond donors (Lipinski definition) is 0. The highest BCUT2D eigenvalue weighted by Crippen LogP contribution is 2.46. The smallest absolute Gasteiger partial charge is 0.338 e. The molecule has 0 amide bonds. The number of benzene rings is 4. The van der Waals surface area contributed by atoms with Crippen LogP contribution in [-0.2, 0) is 16.5 Å². The fourth-order valence-corrected chi connectivity index (χ4v) is 7.54. The predicted molar refractivity (Wildman–Crippen MR) is 137 cm³/mol. The molecular formula is C28H25O2PS. The Kier molecular flexibility index (Phi) is 7.32. The van der Waals surface area contributed by atoms with Gasteiger partial charge in [0.2, 0.25) is 0 Å². The molecule has 32 heavy (non-hydrogen) atoms. The average molecular weight is 457 g/mol. The number of carbonyl (C=O) groups is 1. The summed E-state index contributed by atoms with van der Waals surface area (Å²) in [5, 5.41) is 2.37. The van der Waals surface area contributed by atoms with Crippen LogP contribution in [0.5, 0.6) is 0 Å². The number of hydrogen-bond acceptors (Lipinski definition) is 3. The summed E-state index contributed by atoms with van der Waals surface area (Å²) < 4.78 is 6.02. The van der Waals surface area contributed by atoms with Gasteiger partial charge in [0.05, 0.1) is 5.56 Å². The van der Waals surface area contributed by atoms with E-state index in [1.165, 1.54) is 10.6 Å². The van der Waals surface area contributed by atoms with Crippen LogP contribution in [0, 0.1) is 0 Å². The molecule has 1 atom stereocenters. The van der Waals surface area contributed by atoms with E-state index < -0.39 is 6.04 Å². The number of ether oxygens (including phenoxy) is 1. The van der Waals surface area contributed by atoms with E-state index in [4.69, 9.17) is 16.5 Å². The monoisotopic (exact) mass is 456 g/mol. The molecule has 4 heteroatoms. The molecule has 2 nitrogen and oxygen atoms in total. The number of rotatable bonds is 8. The second-order valence-corrected chi connectivity index (χ2v) is 12.4. The van der Waals surface area contributed by atoms with E-state index in [1.54, 1.807) is 12.1 Å². The minimum atomic E-state index is -2.07. The SMILES string of the molecule is O=C(OC(CCP(=S)(c1ccccc1)c1ccccc1)c1ccccc1)c1ccccc1. The molecule has 0 saturated heterocycles. The molecule has 4 rings (SSSR count). The van der Waals surface area contributed by atoms with Crippen molar-refractivity contribution in [2.45, 2.75) is 12.5 Å². The third kappa shape index (κ3) is 5.24. The van der Waals surface area contributed by atoms with Crippen molar-refractivity contribution >= 4 is 34.4 Å². The Balaban J connectivity index is 1.63. The van der Waals surface area contributed by atoms with E-state index in [-0.39, 0.29) is 12.1 Å². The second kappa shape index (κ2) is 10.5. The summed E-state index contributed by atoms with van der Waals surface area (Å²) in [4.78, 5) is 12.9. The van der Waals surface area contributed by atoms with E-state index >= 15 is 0 Å². The van der Waals surface area contributed by atoms with Gasteiger partial charge in [-0.25, -0.2) is 4.79 Å². The molecular weight excluding hydrogens is 431 g/mol. The molecule has 0 saturated carbocycles. The summed E-state index contributed by atoms with van der Waals surface area (Å²) >= 11 is 6.38. The van der Waals surface area contributed by atoms with Crippen molar-refractivity contribution in [1.82, 2.24) is 0 Å². The Hall–Kier alpha value is -3.00. The van der Waals surface area contributed by atoms with Gasteiger partial charge >= 0.3 is 5.97 Å². The Morgan fingerprint density at radius 1 is 0.688 bits per heavy atom. The zero-order valence-electron chi connectivity index (χ0n) is 17.7. The zero-order chi connectivity index (χ0) is 22.2. The van der Waals surface area contributed by atoms with Crippen molar-refractivity contribution in [3.63, 3.8) is 0 Å². The molecule has 0 radical (unpaired) electrons. The van der Waals surface area contributed by atoms with Crippen molar-refractivity contribution in [3.8, 4) is 0 Å².